The second-order valence-electron chi connectivity index (χ2n) is 3.34. The number of nitrogens with one attached hydrogen (secondary N) is 2. The van der Waals surface area contributed by atoms with Gasteiger partial charge in [-0.3, -0.25) is 4.79 Å². The summed E-state index contributed by atoms with van der Waals surface area (Å²) in [6.45, 7) is 0.854. The Kier molecular flexibility index (Phi) is 4.60. The van der Waals surface area contributed by atoms with Crippen LogP contribution < -0.4 is 10.9 Å². The average Bonchev–Trinajstić information content (AvgIpc) is 2.32. The summed E-state index contributed by atoms with van der Waals surface area (Å²) in [5.41, 5.74) is -0.150. The van der Waals surface area contributed by atoms with E-state index < -0.39 is 0 Å². The molecule has 2 N–H and O–H groups in total. The Labute approximate surface area is 111 Å². The number of nitrogens with zero attached hydrogens (tertiary/aromatic N) is 1. The van der Waals surface area contributed by atoms with Crippen molar-refractivity contribution >= 4 is 45.3 Å². The summed E-state index contributed by atoms with van der Waals surface area (Å²) in [5.74, 6) is 4.24. The third-order valence-electron chi connectivity index (χ3n) is 2.18. The molecule has 0 spiro atoms. The van der Waals surface area contributed by atoms with E-state index in [1.165, 1.54) is 23.6 Å². The zero-order valence-electron chi connectivity index (χ0n) is 8.53. The van der Waals surface area contributed by atoms with E-state index in [1.807, 2.05) is 23.5 Å². The molecule has 2 heterocycles. The maximum absolute atomic E-state index is 11.3. The summed E-state index contributed by atoms with van der Waals surface area (Å²) in [4.78, 5) is 17.9. The Balaban J connectivity index is 1.93. The van der Waals surface area contributed by atoms with E-state index in [0.717, 1.165) is 6.54 Å². The number of anilines is 1. The van der Waals surface area contributed by atoms with E-state index >= 15 is 0 Å². The minimum Gasteiger partial charge on any atom is -0.368 e. The van der Waals surface area contributed by atoms with E-state index in [1.54, 1.807) is 0 Å². The van der Waals surface area contributed by atoms with Crippen LogP contribution in [0.2, 0.25) is 0 Å². The van der Waals surface area contributed by atoms with Crippen LogP contribution in [-0.2, 0) is 0 Å². The lowest BCUT2D eigenvalue weighted by Gasteiger charge is -2.21. The van der Waals surface area contributed by atoms with Gasteiger partial charge in [-0.2, -0.15) is 23.5 Å². The van der Waals surface area contributed by atoms with E-state index in [2.05, 4.69) is 31.2 Å². The third-order valence-corrected chi connectivity index (χ3v) is 5.76. The lowest BCUT2D eigenvalue weighted by Crippen LogP contribution is -2.24. The molecule has 88 valence electrons. The van der Waals surface area contributed by atoms with Gasteiger partial charge in [0.25, 0.3) is 5.56 Å². The largest absolute Gasteiger partial charge is 0.368 e. The monoisotopic (exact) mass is 321 g/mol. The molecule has 1 aromatic heterocycles. The first-order valence-electron chi connectivity index (χ1n) is 4.94. The summed E-state index contributed by atoms with van der Waals surface area (Å²) in [5, 5.41) is 3.81. The molecule has 2 rings (SSSR count). The Morgan fingerprint density at radius 2 is 2.50 bits per heavy atom. The molecule has 1 atom stereocenters. The Bertz CT molecular complexity index is 406. The van der Waals surface area contributed by atoms with Crippen LogP contribution in [0.3, 0.4) is 0 Å². The van der Waals surface area contributed by atoms with Gasteiger partial charge in [-0.25, -0.2) is 4.98 Å². The van der Waals surface area contributed by atoms with Gasteiger partial charge >= 0.3 is 0 Å². The maximum atomic E-state index is 11.3. The molecule has 1 saturated heterocycles. The fourth-order valence-electron chi connectivity index (χ4n) is 1.37. The molecule has 16 heavy (non-hydrogen) atoms. The van der Waals surface area contributed by atoms with Gasteiger partial charge in [0.05, 0.1) is 6.33 Å². The molecule has 1 unspecified atom stereocenters. The highest BCUT2D eigenvalue weighted by Gasteiger charge is 2.15. The van der Waals surface area contributed by atoms with Crippen molar-refractivity contribution in [1.82, 2.24) is 9.97 Å². The number of hydrogen-bond donors (Lipinski definition) is 2. The van der Waals surface area contributed by atoms with Gasteiger partial charge in [0.15, 0.2) is 0 Å². The number of rotatable bonds is 3. The van der Waals surface area contributed by atoms with Crippen molar-refractivity contribution in [3.05, 3.63) is 21.2 Å². The lowest BCUT2D eigenvalue weighted by molar-refractivity contribution is 0.978. The SMILES string of the molecule is O=c1[nH]cnc(NCC2CSCCS2)c1Br. The van der Waals surface area contributed by atoms with E-state index in [9.17, 15) is 4.79 Å². The highest BCUT2D eigenvalue weighted by molar-refractivity contribution is 9.10. The molecule has 1 fully saturated rings. The van der Waals surface area contributed by atoms with Crippen LogP contribution in [0.1, 0.15) is 0 Å². The van der Waals surface area contributed by atoms with Gasteiger partial charge in [0.2, 0.25) is 0 Å². The van der Waals surface area contributed by atoms with Crippen LogP contribution >= 0.6 is 39.5 Å². The van der Waals surface area contributed by atoms with Gasteiger partial charge in [-0.05, 0) is 15.9 Å². The first kappa shape index (κ1) is 12.3. The fourth-order valence-corrected chi connectivity index (χ4v) is 4.34. The molecule has 1 aromatic rings. The minimum absolute atomic E-state index is 0.150. The predicted molar refractivity (Wildman–Crippen MR) is 74.6 cm³/mol. The topological polar surface area (TPSA) is 57.8 Å². The molecule has 1 aliphatic heterocycles. The molecule has 1 aliphatic rings. The number of halogens is 1. The summed E-state index contributed by atoms with van der Waals surface area (Å²) in [6, 6.07) is 0. The van der Waals surface area contributed by atoms with Gasteiger partial charge < -0.3 is 10.3 Å². The quantitative estimate of drug-likeness (QED) is 0.889. The van der Waals surface area contributed by atoms with E-state index in [4.69, 9.17) is 0 Å². The average molecular weight is 322 g/mol. The second-order valence-corrected chi connectivity index (χ2v) is 6.69. The lowest BCUT2D eigenvalue weighted by atomic mass is 10.4. The van der Waals surface area contributed by atoms with Crippen molar-refractivity contribution in [2.75, 3.05) is 29.1 Å². The number of aromatic amines is 1. The summed E-state index contributed by atoms with van der Waals surface area (Å²) in [6.07, 6.45) is 1.41. The van der Waals surface area contributed by atoms with Crippen LogP contribution in [-0.4, -0.2) is 39.0 Å². The zero-order chi connectivity index (χ0) is 11.4. The molecule has 0 radical (unpaired) electrons. The fraction of sp³-hybridized carbons (Fsp3) is 0.556. The smallest absolute Gasteiger partial charge is 0.267 e. The van der Waals surface area contributed by atoms with Crippen molar-refractivity contribution in [1.29, 1.82) is 0 Å². The number of H-pyrrole nitrogens is 1. The molecule has 0 amide bonds. The molecule has 0 saturated carbocycles. The molecule has 0 bridgehead atoms. The summed E-state index contributed by atoms with van der Waals surface area (Å²) >= 11 is 7.19. The maximum Gasteiger partial charge on any atom is 0.267 e. The van der Waals surface area contributed by atoms with Crippen LogP contribution in [0.4, 0.5) is 5.82 Å². The molecule has 4 nitrogen and oxygen atoms in total. The van der Waals surface area contributed by atoms with Crippen LogP contribution in [0.15, 0.2) is 15.6 Å². The van der Waals surface area contributed by atoms with Crippen molar-refractivity contribution < 1.29 is 0 Å². The van der Waals surface area contributed by atoms with Gasteiger partial charge in [-0.1, -0.05) is 0 Å². The van der Waals surface area contributed by atoms with E-state index in [-0.39, 0.29) is 5.56 Å². The Morgan fingerprint density at radius 3 is 3.25 bits per heavy atom. The third kappa shape index (κ3) is 3.18. The van der Waals surface area contributed by atoms with E-state index in [0.29, 0.717) is 15.5 Å². The van der Waals surface area contributed by atoms with Crippen LogP contribution in [0.25, 0.3) is 0 Å². The highest BCUT2D eigenvalue weighted by Crippen LogP contribution is 2.24. The van der Waals surface area contributed by atoms with Crippen molar-refractivity contribution in [2.45, 2.75) is 5.25 Å². The van der Waals surface area contributed by atoms with Crippen molar-refractivity contribution in [2.24, 2.45) is 0 Å². The minimum atomic E-state index is -0.150. The molecular formula is C9H12BrN3OS2. The molecule has 0 aliphatic carbocycles. The summed E-state index contributed by atoms with van der Waals surface area (Å²) in [7, 11) is 0. The highest BCUT2D eigenvalue weighted by atomic mass is 79.9. The van der Waals surface area contributed by atoms with Crippen LogP contribution in [0.5, 0.6) is 0 Å². The predicted octanol–water partition coefficient (Wildman–Crippen LogP) is 1.79. The van der Waals surface area contributed by atoms with Gasteiger partial charge in [0.1, 0.15) is 10.3 Å². The van der Waals surface area contributed by atoms with Crippen molar-refractivity contribution in [3.63, 3.8) is 0 Å². The Hall–Kier alpha value is -0.140. The van der Waals surface area contributed by atoms with Crippen molar-refractivity contribution in [3.8, 4) is 0 Å². The molecule has 0 aromatic carbocycles. The van der Waals surface area contributed by atoms with Gasteiger partial charge in [0, 0.05) is 29.1 Å². The van der Waals surface area contributed by atoms with Crippen LogP contribution in [0, 0.1) is 0 Å². The Morgan fingerprint density at radius 1 is 1.62 bits per heavy atom. The summed E-state index contributed by atoms with van der Waals surface area (Å²) < 4.78 is 0.475. The first-order valence-corrected chi connectivity index (χ1v) is 7.93. The number of thioether (sulfide) groups is 2. The standard InChI is InChI=1S/C9H12BrN3OS2/c10-7-8(12-5-13-9(7)14)11-3-6-4-15-1-2-16-6/h5-6H,1-4H2,(H2,11,12,13,14). The zero-order valence-corrected chi connectivity index (χ0v) is 11.8. The molecular weight excluding hydrogens is 310 g/mol. The molecule has 7 heteroatoms. The second kappa shape index (κ2) is 5.97. The number of hydrogen-bond acceptors (Lipinski definition) is 5. The number of aromatic nitrogens is 2. The first-order chi connectivity index (χ1) is 7.77. The van der Waals surface area contributed by atoms with Gasteiger partial charge in [-0.15, -0.1) is 0 Å². The normalized spacial score (nSPS) is 20.7.